The fraction of sp³-hybridized carbons (Fsp3) is 0.130. The van der Waals surface area contributed by atoms with Gasteiger partial charge in [-0.2, -0.15) is 0 Å². The molecular formula is C23H19BrO6. The molecule has 0 unspecified atom stereocenters. The number of phenols is 6. The predicted molar refractivity (Wildman–Crippen MR) is 119 cm³/mol. The fourth-order valence-corrected chi connectivity index (χ4v) is 4.63. The second-order valence-corrected chi connectivity index (χ2v) is 8.12. The van der Waals surface area contributed by atoms with Gasteiger partial charge in [-0.05, 0) is 58.6 Å². The number of hydrogen-bond acceptors (Lipinski definition) is 6. The first-order chi connectivity index (χ1) is 14.1. The van der Waals surface area contributed by atoms with Gasteiger partial charge >= 0.3 is 0 Å². The van der Waals surface area contributed by atoms with Gasteiger partial charge in [0.2, 0.25) is 0 Å². The van der Waals surface area contributed by atoms with Crippen molar-refractivity contribution in [3.63, 3.8) is 0 Å². The summed E-state index contributed by atoms with van der Waals surface area (Å²) >= 11 is 3.52. The molecule has 0 fully saturated rings. The molecule has 0 radical (unpaired) electrons. The Hall–Kier alpha value is -3.32. The van der Waals surface area contributed by atoms with E-state index in [2.05, 4.69) is 15.9 Å². The van der Waals surface area contributed by atoms with Crippen LogP contribution < -0.4 is 0 Å². The normalized spacial score (nSPS) is 11.5. The quantitative estimate of drug-likeness (QED) is 0.122. The first-order valence-electron chi connectivity index (χ1n) is 9.11. The standard InChI is InChI=1S/C23H19BrO6/c1-8-9(2)19(26)15-14(18(8)25)13(11-6-4-5-7-12(11)17(15)24)16-22(29)20(27)10(3)21(28)23(16)30/h4-7,25-30H,1-3H3. The van der Waals surface area contributed by atoms with E-state index in [1.807, 2.05) is 0 Å². The second-order valence-electron chi connectivity index (χ2n) is 7.33. The summed E-state index contributed by atoms with van der Waals surface area (Å²) in [6, 6.07) is 7.01. The van der Waals surface area contributed by atoms with Crippen LogP contribution in [0.15, 0.2) is 28.7 Å². The Morgan fingerprint density at radius 3 is 1.53 bits per heavy atom. The lowest BCUT2D eigenvalue weighted by Gasteiger charge is -2.21. The maximum absolute atomic E-state index is 11.0. The Bertz CT molecular complexity index is 1360. The molecule has 0 aromatic heterocycles. The summed E-state index contributed by atoms with van der Waals surface area (Å²) in [5.41, 5.74) is 0.731. The van der Waals surface area contributed by atoms with E-state index < -0.39 is 23.0 Å². The minimum Gasteiger partial charge on any atom is -0.507 e. The number of benzene rings is 4. The lowest BCUT2D eigenvalue weighted by atomic mass is 9.87. The minimum atomic E-state index is -0.645. The largest absolute Gasteiger partial charge is 0.507 e. The average molecular weight is 471 g/mol. The molecule has 0 aliphatic rings. The Labute approximate surface area is 180 Å². The molecule has 0 aliphatic heterocycles. The van der Waals surface area contributed by atoms with Crippen molar-refractivity contribution in [2.45, 2.75) is 20.8 Å². The van der Waals surface area contributed by atoms with Gasteiger partial charge in [-0.1, -0.05) is 24.3 Å². The van der Waals surface area contributed by atoms with Crippen LogP contribution in [0.4, 0.5) is 0 Å². The van der Waals surface area contributed by atoms with Gasteiger partial charge in [0, 0.05) is 26.4 Å². The summed E-state index contributed by atoms with van der Waals surface area (Å²) in [4.78, 5) is 0. The molecule has 0 aliphatic carbocycles. The molecule has 30 heavy (non-hydrogen) atoms. The molecule has 0 bridgehead atoms. The first-order valence-corrected chi connectivity index (χ1v) is 9.90. The Morgan fingerprint density at radius 1 is 0.533 bits per heavy atom. The van der Waals surface area contributed by atoms with Crippen molar-refractivity contribution in [2.24, 2.45) is 0 Å². The lowest BCUT2D eigenvalue weighted by molar-refractivity contribution is 0.371. The smallest absolute Gasteiger partial charge is 0.169 e. The van der Waals surface area contributed by atoms with E-state index in [-0.39, 0.29) is 39.0 Å². The fourth-order valence-electron chi connectivity index (χ4n) is 3.90. The van der Waals surface area contributed by atoms with Crippen molar-refractivity contribution >= 4 is 37.5 Å². The second kappa shape index (κ2) is 6.60. The van der Waals surface area contributed by atoms with Gasteiger partial charge in [0.25, 0.3) is 0 Å². The summed E-state index contributed by atoms with van der Waals surface area (Å²) in [5, 5.41) is 65.7. The average Bonchev–Trinajstić information content (AvgIpc) is 2.74. The zero-order valence-electron chi connectivity index (χ0n) is 16.4. The molecule has 4 rings (SSSR count). The molecule has 0 amide bonds. The van der Waals surface area contributed by atoms with Crippen LogP contribution in [0.1, 0.15) is 16.7 Å². The zero-order chi connectivity index (χ0) is 22.1. The highest BCUT2D eigenvalue weighted by Crippen LogP contribution is 2.57. The highest BCUT2D eigenvalue weighted by molar-refractivity contribution is 9.10. The monoisotopic (exact) mass is 470 g/mol. The van der Waals surface area contributed by atoms with Crippen LogP contribution >= 0.6 is 15.9 Å². The Morgan fingerprint density at radius 2 is 1.00 bits per heavy atom. The van der Waals surface area contributed by atoms with Crippen molar-refractivity contribution in [1.82, 2.24) is 0 Å². The van der Waals surface area contributed by atoms with Crippen molar-refractivity contribution in [3.8, 4) is 45.6 Å². The van der Waals surface area contributed by atoms with Crippen molar-refractivity contribution in [3.05, 3.63) is 45.4 Å². The first kappa shape index (κ1) is 20.0. The lowest BCUT2D eigenvalue weighted by Crippen LogP contribution is -1.94. The minimum absolute atomic E-state index is 0.0706. The number of halogens is 1. The topological polar surface area (TPSA) is 121 Å². The van der Waals surface area contributed by atoms with Crippen LogP contribution in [0.2, 0.25) is 0 Å². The highest BCUT2D eigenvalue weighted by atomic mass is 79.9. The summed E-state index contributed by atoms with van der Waals surface area (Å²) in [5.74, 6) is -2.69. The van der Waals surface area contributed by atoms with Gasteiger partial charge < -0.3 is 30.6 Å². The summed E-state index contributed by atoms with van der Waals surface area (Å²) in [6.45, 7) is 4.66. The summed E-state index contributed by atoms with van der Waals surface area (Å²) < 4.78 is 0.521. The van der Waals surface area contributed by atoms with Crippen molar-refractivity contribution in [1.29, 1.82) is 0 Å². The van der Waals surface area contributed by atoms with Crippen molar-refractivity contribution in [2.75, 3.05) is 0 Å². The number of fused-ring (bicyclic) bond motifs is 2. The number of rotatable bonds is 1. The molecule has 154 valence electrons. The van der Waals surface area contributed by atoms with Crippen LogP contribution in [0.5, 0.6) is 34.5 Å². The van der Waals surface area contributed by atoms with Gasteiger partial charge in [-0.25, -0.2) is 0 Å². The summed E-state index contributed by atoms with van der Waals surface area (Å²) in [7, 11) is 0. The number of hydrogen-bond donors (Lipinski definition) is 6. The number of phenolic OH excluding ortho intramolecular Hbond substituents is 6. The van der Waals surface area contributed by atoms with E-state index in [4.69, 9.17) is 0 Å². The van der Waals surface area contributed by atoms with Crippen LogP contribution in [-0.4, -0.2) is 30.6 Å². The van der Waals surface area contributed by atoms with Gasteiger partial charge in [-0.3, -0.25) is 0 Å². The number of aromatic hydroxyl groups is 6. The predicted octanol–water partition coefficient (Wildman–Crippen LogP) is 5.58. The molecule has 0 atom stereocenters. The Kier molecular flexibility index (Phi) is 4.39. The van der Waals surface area contributed by atoms with E-state index in [0.29, 0.717) is 26.4 Å². The van der Waals surface area contributed by atoms with E-state index in [0.717, 1.165) is 0 Å². The van der Waals surface area contributed by atoms with E-state index in [9.17, 15) is 30.6 Å². The van der Waals surface area contributed by atoms with Crippen LogP contribution in [0, 0.1) is 20.8 Å². The third-order valence-corrected chi connectivity index (χ3v) is 6.61. The third-order valence-electron chi connectivity index (χ3n) is 5.78. The van der Waals surface area contributed by atoms with Gasteiger partial charge in [0.15, 0.2) is 23.0 Å². The molecule has 0 spiro atoms. The zero-order valence-corrected chi connectivity index (χ0v) is 18.0. The summed E-state index contributed by atoms with van der Waals surface area (Å²) in [6.07, 6.45) is 0. The SMILES string of the molecule is Cc1c(O)c(O)c(-c2c3ccccc3c(Br)c3c(O)c(C)c(C)c(O)c23)c(O)c1O. The van der Waals surface area contributed by atoms with Gasteiger partial charge in [0.05, 0.1) is 5.56 Å². The van der Waals surface area contributed by atoms with E-state index >= 15 is 0 Å². The third kappa shape index (κ3) is 2.42. The van der Waals surface area contributed by atoms with Gasteiger partial charge in [0.1, 0.15) is 11.5 Å². The van der Waals surface area contributed by atoms with Crippen molar-refractivity contribution < 1.29 is 30.6 Å². The molecule has 0 saturated carbocycles. The van der Waals surface area contributed by atoms with Crippen LogP contribution in [0.3, 0.4) is 0 Å². The molecule has 7 heteroatoms. The Balaban J connectivity index is 2.43. The molecule has 4 aromatic carbocycles. The van der Waals surface area contributed by atoms with Gasteiger partial charge in [-0.15, -0.1) is 0 Å². The maximum Gasteiger partial charge on any atom is 0.169 e. The molecule has 0 heterocycles. The van der Waals surface area contributed by atoms with Crippen LogP contribution in [0.25, 0.3) is 32.7 Å². The molecular weight excluding hydrogens is 452 g/mol. The maximum atomic E-state index is 11.0. The van der Waals surface area contributed by atoms with Crippen LogP contribution in [-0.2, 0) is 0 Å². The molecule has 6 N–H and O–H groups in total. The van der Waals surface area contributed by atoms with E-state index in [1.54, 1.807) is 38.1 Å². The highest BCUT2D eigenvalue weighted by Gasteiger charge is 2.29. The molecule has 6 nitrogen and oxygen atoms in total. The van der Waals surface area contributed by atoms with E-state index in [1.165, 1.54) is 6.92 Å². The molecule has 0 saturated heterocycles. The molecule has 4 aromatic rings.